The Morgan fingerprint density at radius 2 is 2.27 bits per heavy atom. The van der Waals surface area contributed by atoms with E-state index in [0.29, 0.717) is 12.8 Å². The molecule has 0 unspecified atom stereocenters. The lowest BCUT2D eigenvalue weighted by molar-refractivity contribution is -0.118. The van der Waals surface area contributed by atoms with Crippen LogP contribution >= 0.6 is 11.3 Å². The molecule has 0 fully saturated rings. The number of ketones is 1. The quantitative estimate of drug-likeness (QED) is 0.836. The smallest absolute Gasteiger partial charge is 0.139 e. The number of Topliss-reactive ketones (excluding diaryl/α,β-unsaturated/α-hetero) is 1. The van der Waals surface area contributed by atoms with Crippen molar-refractivity contribution in [2.24, 2.45) is 5.73 Å². The van der Waals surface area contributed by atoms with Crippen molar-refractivity contribution >= 4 is 17.1 Å². The molecule has 0 aliphatic rings. The lowest BCUT2D eigenvalue weighted by atomic mass is 9.98. The molecule has 1 aromatic rings. The van der Waals surface area contributed by atoms with E-state index in [1.165, 1.54) is 0 Å². The molecule has 0 saturated heterocycles. The Bertz CT molecular complexity index is 339. The van der Waals surface area contributed by atoms with Crippen LogP contribution in [0, 0.1) is 6.92 Å². The third-order valence-corrected chi connectivity index (χ3v) is 3.03. The van der Waals surface area contributed by atoms with Crippen LogP contribution in [-0.2, 0) is 11.2 Å². The van der Waals surface area contributed by atoms with Gasteiger partial charge in [0.1, 0.15) is 10.8 Å². The molecule has 84 valence electrons. The van der Waals surface area contributed by atoms with Crippen LogP contribution in [0.2, 0.25) is 0 Å². The maximum Gasteiger partial charge on any atom is 0.139 e. The van der Waals surface area contributed by atoms with Crippen molar-refractivity contribution in [3.05, 3.63) is 16.1 Å². The first kappa shape index (κ1) is 12.3. The summed E-state index contributed by atoms with van der Waals surface area (Å²) >= 11 is 1.55. The van der Waals surface area contributed by atoms with E-state index in [-0.39, 0.29) is 11.3 Å². The van der Waals surface area contributed by atoms with Crippen molar-refractivity contribution in [1.29, 1.82) is 0 Å². The molecule has 0 atom stereocenters. The van der Waals surface area contributed by atoms with E-state index in [9.17, 15) is 4.79 Å². The molecule has 4 heteroatoms. The predicted octanol–water partition coefficient (Wildman–Crippen LogP) is 2.08. The van der Waals surface area contributed by atoms with Crippen LogP contribution in [0.5, 0.6) is 0 Å². The highest BCUT2D eigenvalue weighted by atomic mass is 32.1. The van der Waals surface area contributed by atoms with Crippen molar-refractivity contribution in [2.75, 3.05) is 0 Å². The fourth-order valence-electron chi connectivity index (χ4n) is 1.20. The highest BCUT2D eigenvalue weighted by molar-refractivity contribution is 7.09. The summed E-state index contributed by atoms with van der Waals surface area (Å²) in [5.74, 6) is 0.225. The lowest BCUT2D eigenvalue weighted by Gasteiger charge is -2.16. The van der Waals surface area contributed by atoms with Gasteiger partial charge < -0.3 is 5.73 Å². The zero-order valence-electron chi connectivity index (χ0n) is 9.54. The van der Waals surface area contributed by atoms with E-state index in [1.54, 1.807) is 11.3 Å². The number of hydrogen-bond donors (Lipinski definition) is 1. The summed E-state index contributed by atoms with van der Waals surface area (Å²) in [4.78, 5) is 15.8. The van der Waals surface area contributed by atoms with Crippen LogP contribution in [0.4, 0.5) is 0 Å². The molecule has 15 heavy (non-hydrogen) atoms. The van der Waals surface area contributed by atoms with Crippen LogP contribution in [0.15, 0.2) is 5.38 Å². The highest BCUT2D eigenvalue weighted by Crippen LogP contribution is 2.13. The second-order valence-electron chi connectivity index (χ2n) is 4.59. The molecule has 1 heterocycles. The molecular weight excluding hydrogens is 208 g/mol. The minimum atomic E-state index is -0.256. The van der Waals surface area contributed by atoms with Crippen molar-refractivity contribution < 1.29 is 4.79 Å². The van der Waals surface area contributed by atoms with Gasteiger partial charge in [-0.15, -0.1) is 11.3 Å². The van der Waals surface area contributed by atoms with E-state index in [2.05, 4.69) is 4.98 Å². The van der Waals surface area contributed by atoms with E-state index in [4.69, 9.17) is 5.73 Å². The average Bonchev–Trinajstić information content (AvgIpc) is 2.47. The molecule has 2 N–H and O–H groups in total. The summed E-state index contributed by atoms with van der Waals surface area (Å²) in [6, 6.07) is 0. The normalized spacial score (nSPS) is 11.7. The van der Waals surface area contributed by atoms with Crippen molar-refractivity contribution in [1.82, 2.24) is 4.98 Å². The molecule has 0 aromatic carbocycles. The standard InChI is InChI=1S/C11H18N2OS/c1-8-7-15-10(13-8)6-9(14)4-5-11(2,3)12/h7H,4-6,12H2,1-3H3. The van der Waals surface area contributed by atoms with Crippen molar-refractivity contribution in [3.8, 4) is 0 Å². The number of rotatable bonds is 5. The van der Waals surface area contributed by atoms with Gasteiger partial charge in [-0.3, -0.25) is 4.79 Å². The monoisotopic (exact) mass is 226 g/mol. The molecule has 1 rings (SSSR count). The molecule has 0 aliphatic carbocycles. The van der Waals surface area contributed by atoms with Crippen LogP contribution in [0.3, 0.4) is 0 Å². The highest BCUT2D eigenvalue weighted by Gasteiger charge is 2.14. The molecule has 3 nitrogen and oxygen atoms in total. The van der Waals surface area contributed by atoms with Crippen LogP contribution in [-0.4, -0.2) is 16.3 Å². The van der Waals surface area contributed by atoms with E-state index >= 15 is 0 Å². The van der Waals surface area contributed by atoms with Crippen molar-refractivity contribution in [3.63, 3.8) is 0 Å². The first-order valence-corrected chi connectivity index (χ1v) is 5.96. The molecule has 0 radical (unpaired) electrons. The summed E-state index contributed by atoms with van der Waals surface area (Å²) in [7, 11) is 0. The van der Waals surface area contributed by atoms with Gasteiger partial charge in [0.15, 0.2) is 0 Å². The number of nitrogens with two attached hydrogens (primary N) is 1. The van der Waals surface area contributed by atoms with Gasteiger partial charge in [0.25, 0.3) is 0 Å². The Morgan fingerprint density at radius 3 is 2.73 bits per heavy atom. The lowest BCUT2D eigenvalue weighted by Crippen LogP contribution is -2.32. The molecule has 0 saturated carbocycles. The van der Waals surface area contributed by atoms with E-state index in [1.807, 2.05) is 26.2 Å². The van der Waals surface area contributed by atoms with Crippen LogP contribution < -0.4 is 5.73 Å². The van der Waals surface area contributed by atoms with Gasteiger partial charge in [-0.25, -0.2) is 4.98 Å². The summed E-state index contributed by atoms with van der Waals surface area (Å²) in [5, 5.41) is 2.88. The fraction of sp³-hybridized carbons (Fsp3) is 0.636. The van der Waals surface area contributed by atoms with Crippen LogP contribution in [0.25, 0.3) is 0 Å². The fourth-order valence-corrected chi connectivity index (χ4v) is 2.00. The Balaban J connectivity index is 2.37. The van der Waals surface area contributed by atoms with Gasteiger partial charge in [0.05, 0.1) is 6.42 Å². The Kier molecular flexibility index (Phi) is 3.99. The van der Waals surface area contributed by atoms with Gasteiger partial charge in [-0.1, -0.05) is 0 Å². The molecule has 0 amide bonds. The topological polar surface area (TPSA) is 56.0 Å². The van der Waals surface area contributed by atoms with Crippen molar-refractivity contribution in [2.45, 2.75) is 45.6 Å². The number of thiazole rings is 1. The molecule has 1 aromatic heterocycles. The predicted molar refractivity (Wildman–Crippen MR) is 63.1 cm³/mol. The Morgan fingerprint density at radius 1 is 1.60 bits per heavy atom. The Labute approximate surface area is 94.7 Å². The summed E-state index contributed by atoms with van der Waals surface area (Å²) < 4.78 is 0. The minimum Gasteiger partial charge on any atom is -0.326 e. The zero-order chi connectivity index (χ0) is 11.5. The third kappa shape index (κ3) is 5.04. The molecule has 0 spiro atoms. The molecule has 0 aliphatic heterocycles. The average molecular weight is 226 g/mol. The number of aryl methyl sites for hydroxylation is 1. The number of nitrogens with zero attached hydrogens (tertiary/aromatic N) is 1. The second kappa shape index (κ2) is 4.86. The summed E-state index contributed by atoms with van der Waals surface area (Å²) in [5.41, 5.74) is 6.55. The van der Waals surface area contributed by atoms with Gasteiger partial charge in [-0.05, 0) is 27.2 Å². The summed E-state index contributed by atoms with van der Waals surface area (Å²) in [6.45, 7) is 5.81. The number of carbonyl (C=O) groups is 1. The van der Waals surface area contributed by atoms with Gasteiger partial charge in [0.2, 0.25) is 0 Å². The minimum absolute atomic E-state index is 0.225. The maximum atomic E-state index is 11.6. The van der Waals surface area contributed by atoms with E-state index < -0.39 is 0 Å². The molecule has 0 bridgehead atoms. The number of hydrogen-bond acceptors (Lipinski definition) is 4. The SMILES string of the molecule is Cc1csc(CC(=O)CCC(C)(C)N)n1. The number of carbonyl (C=O) groups excluding carboxylic acids is 1. The second-order valence-corrected chi connectivity index (χ2v) is 5.53. The Hall–Kier alpha value is -0.740. The van der Waals surface area contributed by atoms with Gasteiger partial charge >= 0.3 is 0 Å². The third-order valence-electron chi connectivity index (χ3n) is 2.06. The maximum absolute atomic E-state index is 11.6. The first-order valence-electron chi connectivity index (χ1n) is 5.08. The molecular formula is C11H18N2OS. The number of aromatic nitrogens is 1. The van der Waals surface area contributed by atoms with Crippen LogP contribution in [0.1, 0.15) is 37.4 Å². The summed E-state index contributed by atoms with van der Waals surface area (Å²) in [6.07, 6.45) is 1.73. The zero-order valence-corrected chi connectivity index (χ0v) is 10.4. The largest absolute Gasteiger partial charge is 0.326 e. The van der Waals surface area contributed by atoms with E-state index in [0.717, 1.165) is 17.1 Å². The van der Waals surface area contributed by atoms with Gasteiger partial charge in [-0.2, -0.15) is 0 Å². The first-order chi connectivity index (χ1) is 6.87. The van der Waals surface area contributed by atoms with Gasteiger partial charge in [0, 0.05) is 23.0 Å².